The van der Waals surface area contributed by atoms with Gasteiger partial charge in [0.25, 0.3) is 0 Å². The third-order valence-corrected chi connectivity index (χ3v) is 8.37. The van der Waals surface area contributed by atoms with Gasteiger partial charge in [0, 0.05) is 12.6 Å². The molecule has 3 aliphatic heterocycles. The Hall–Kier alpha value is -2.19. The molecule has 7 atom stereocenters. The normalized spacial score (nSPS) is 30.3. The van der Waals surface area contributed by atoms with Crippen LogP contribution in [-0.4, -0.2) is 82.3 Å². The number of hydrogen-bond acceptors (Lipinski definition) is 6. The number of rotatable bonds is 14. The van der Waals surface area contributed by atoms with Gasteiger partial charge in [-0.1, -0.05) is 32.4 Å². The zero-order valence-corrected chi connectivity index (χ0v) is 22.4. The van der Waals surface area contributed by atoms with Crippen LogP contribution in [0.15, 0.2) is 25.3 Å². The van der Waals surface area contributed by atoms with E-state index in [1.807, 2.05) is 33.8 Å². The number of carbonyl (C=O) groups is 3. The number of aliphatic hydroxyl groups excluding tert-OH is 1. The van der Waals surface area contributed by atoms with E-state index in [1.165, 1.54) is 0 Å². The molecule has 0 saturated carbocycles. The number of amides is 2. The van der Waals surface area contributed by atoms with Crippen molar-refractivity contribution in [2.24, 2.45) is 17.8 Å². The molecular formula is C28H44N2O6. The van der Waals surface area contributed by atoms with E-state index in [0.29, 0.717) is 19.4 Å². The number of allylic oxidation sites excluding steroid dienone is 1. The Morgan fingerprint density at radius 1 is 1.28 bits per heavy atom. The van der Waals surface area contributed by atoms with E-state index in [-0.39, 0.29) is 37.0 Å². The molecule has 36 heavy (non-hydrogen) atoms. The van der Waals surface area contributed by atoms with Crippen LogP contribution in [0.4, 0.5) is 0 Å². The first-order chi connectivity index (χ1) is 17.2. The van der Waals surface area contributed by atoms with Gasteiger partial charge >= 0.3 is 5.97 Å². The summed E-state index contributed by atoms with van der Waals surface area (Å²) in [7, 11) is 0. The number of unbranched alkanes of at least 4 members (excludes halogenated alkanes) is 2. The minimum atomic E-state index is -1.10. The summed E-state index contributed by atoms with van der Waals surface area (Å²) in [6.07, 6.45) is 7.35. The maximum absolute atomic E-state index is 14.1. The standard InChI is InChI=1S/C28H44N2O6/c1-7-10-11-12-16-35-27(34)22-21-13-14-28(36-21)23(22)25(32)30(20(17-31)19(6)9-3)24(28)26(33)29(15-8-2)18(4)5/h7-8,18-24,31H,1-2,9-17H2,3-6H3/t19-,20-,21+,22-,23-,24?,28?/m0/s1. The SMILES string of the molecule is C=CCCCCOC(=O)[C@@H]1[C@H]2C(=O)N([C@@H](CO)[C@@H](C)CC)C(C(=O)N(CC=C)C(C)C)C23CC[C@H]1O3. The molecule has 3 rings (SSSR count). The molecule has 3 saturated heterocycles. The molecule has 3 aliphatic rings. The van der Waals surface area contributed by atoms with Crippen molar-refractivity contribution in [3.05, 3.63) is 25.3 Å². The lowest BCUT2D eigenvalue weighted by atomic mass is 9.70. The number of nitrogens with zero attached hydrogens (tertiary/aromatic N) is 2. The Kier molecular flexibility index (Phi) is 9.39. The molecule has 202 valence electrons. The van der Waals surface area contributed by atoms with Gasteiger partial charge in [0.05, 0.1) is 37.2 Å². The Morgan fingerprint density at radius 2 is 2.00 bits per heavy atom. The molecule has 0 radical (unpaired) electrons. The number of hydrogen-bond donors (Lipinski definition) is 1. The summed E-state index contributed by atoms with van der Waals surface area (Å²) in [4.78, 5) is 44.8. The van der Waals surface area contributed by atoms with Crippen molar-refractivity contribution in [3.8, 4) is 0 Å². The number of carbonyl (C=O) groups excluding carboxylic acids is 3. The third kappa shape index (κ3) is 4.86. The van der Waals surface area contributed by atoms with Gasteiger partial charge in [0.1, 0.15) is 11.6 Å². The zero-order valence-electron chi connectivity index (χ0n) is 22.4. The van der Waals surface area contributed by atoms with Gasteiger partial charge in [-0.05, 0) is 51.9 Å². The number of likely N-dealkylation sites (tertiary alicyclic amines) is 1. The van der Waals surface area contributed by atoms with E-state index < -0.39 is 41.6 Å². The van der Waals surface area contributed by atoms with E-state index in [4.69, 9.17) is 9.47 Å². The van der Waals surface area contributed by atoms with Crippen LogP contribution in [0.25, 0.3) is 0 Å². The molecule has 2 amide bonds. The Bertz CT molecular complexity index is 844. The van der Waals surface area contributed by atoms with Crippen LogP contribution in [0.1, 0.15) is 66.2 Å². The average molecular weight is 505 g/mol. The average Bonchev–Trinajstić information content (AvgIpc) is 3.49. The van der Waals surface area contributed by atoms with Crippen LogP contribution in [0, 0.1) is 17.8 Å². The second-order valence-electron chi connectivity index (χ2n) is 10.8. The topological polar surface area (TPSA) is 96.4 Å². The van der Waals surface area contributed by atoms with Crippen LogP contribution in [-0.2, 0) is 23.9 Å². The van der Waals surface area contributed by atoms with Crippen LogP contribution >= 0.6 is 0 Å². The second kappa shape index (κ2) is 11.9. The summed E-state index contributed by atoms with van der Waals surface area (Å²) >= 11 is 0. The van der Waals surface area contributed by atoms with Crippen molar-refractivity contribution >= 4 is 17.8 Å². The summed E-state index contributed by atoms with van der Waals surface area (Å²) in [5.74, 6) is -2.51. The number of ether oxygens (including phenoxy) is 2. The summed E-state index contributed by atoms with van der Waals surface area (Å²) in [6.45, 7) is 15.7. The molecule has 1 spiro atoms. The molecule has 2 bridgehead atoms. The molecule has 2 unspecified atom stereocenters. The minimum Gasteiger partial charge on any atom is -0.465 e. The zero-order chi connectivity index (χ0) is 26.6. The minimum absolute atomic E-state index is 0.0381. The van der Waals surface area contributed by atoms with Gasteiger partial charge in [-0.25, -0.2) is 0 Å². The van der Waals surface area contributed by atoms with Crippen LogP contribution in [0.2, 0.25) is 0 Å². The van der Waals surface area contributed by atoms with Crippen molar-refractivity contribution in [3.63, 3.8) is 0 Å². The molecule has 8 heteroatoms. The maximum atomic E-state index is 14.1. The van der Waals surface area contributed by atoms with Crippen LogP contribution < -0.4 is 0 Å². The fourth-order valence-corrected chi connectivity index (χ4v) is 6.32. The van der Waals surface area contributed by atoms with Gasteiger partial charge < -0.3 is 24.4 Å². The first-order valence-electron chi connectivity index (χ1n) is 13.5. The highest BCUT2D eigenvalue weighted by atomic mass is 16.6. The second-order valence-corrected chi connectivity index (χ2v) is 10.8. The Balaban J connectivity index is 1.98. The molecule has 3 fully saturated rings. The van der Waals surface area contributed by atoms with Gasteiger partial charge in [0.2, 0.25) is 11.8 Å². The van der Waals surface area contributed by atoms with E-state index >= 15 is 0 Å². The lowest BCUT2D eigenvalue weighted by Gasteiger charge is -2.41. The van der Waals surface area contributed by atoms with E-state index in [9.17, 15) is 19.5 Å². The van der Waals surface area contributed by atoms with Crippen molar-refractivity contribution in [1.29, 1.82) is 0 Å². The molecule has 0 aromatic heterocycles. The smallest absolute Gasteiger partial charge is 0.312 e. The summed E-state index contributed by atoms with van der Waals surface area (Å²) < 4.78 is 12.1. The number of fused-ring (bicyclic) bond motifs is 1. The number of esters is 1. The fourth-order valence-electron chi connectivity index (χ4n) is 6.32. The van der Waals surface area contributed by atoms with E-state index in [0.717, 1.165) is 25.7 Å². The Morgan fingerprint density at radius 3 is 2.58 bits per heavy atom. The predicted molar refractivity (Wildman–Crippen MR) is 137 cm³/mol. The molecule has 0 aromatic rings. The lowest BCUT2D eigenvalue weighted by molar-refractivity contribution is -0.157. The van der Waals surface area contributed by atoms with Crippen molar-refractivity contribution in [2.45, 2.75) is 96.1 Å². The van der Waals surface area contributed by atoms with Crippen molar-refractivity contribution < 1.29 is 29.0 Å². The molecule has 1 N–H and O–H groups in total. The first-order valence-corrected chi connectivity index (χ1v) is 13.5. The summed E-state index contributed by atoms with van der Waals surface area (Å²) in [6, 6.07) is -1.57. The Labute approximate surface area is 215 Å². The molecule has 8 nitrogen and oxygen atoms in total. The van der Waals surface area contributed by atoms with Gasteiger partial charge in [0.15, 0.2) is 0 Å². The highest BCUT2D eigenvalue weighted by Gasteiger charge is 2.75. The quantitative estimate of drug-likeness (QED) is 0.222. The van der Waals surface area contributed by atoms with Crippen LogP contribution in [0.5, 0.6) is 0 Å². The lowest BCUT2D eigenvalue weighted by Crippen LogP contribution is -2.60. The summed E-state index contributed by atoms with van der Waals surface area (Å²) in [5.41, 5.74) is -1.10. The maximum Gasteiger partial charge on any atom is 0.312 e. The van der Waals surface area contributed by atoms with Gasteiger partial charge in [-0.2, -0.15) is 0 Å². The summed E-state index contributed by atoms with van der Waals surface area (Å²) in [5, 5.41) is 10.4. The monoisotopic (exact) mass is 504 g/mol. The molecular weight excluding hydrogens is 460 g/mol. The molecule has 0 aliphatic carbocycles. The predicted octanol–water partition coefficient (Wildman–Crippen LogP) is 3.09. The van der Waals surface area contributed by atoms with Gasteiger partial charge in [-0.3, -0.25) is 14.4 Å². The van der Waals surface area contributed by atoms with E-state index in [2.05, 4.69) is 13.2 Å². The highest BCUT2D eigenvalue weighted by molar-refractivity contribution is 5.98. The van der Waals surface area contributed by atoms with E-state index in [1.54, 1.807) is 15.9 Å². The van der Waals surface area contributed by atoms with Crippen molar-refractivity contribution in [2.75, 3.05) is 19.8 Å². The molecule has 3 heterocycles. The number of aliphatic hydroxyl groups is 1. The molecule has 0 aromatic carbocycles. The highest BCUT2D eigenvalue weighted by Crippen LogP contribution is 2.59. The van der Waals surface area contributed by atoms with Crippen LogP contribution in [0.3, 0.4) is 0 Å². The third-order valence-electron chi connectivity index (χ3n) is 8.37. The first kappa shape index (κ1) is 28.4. The van der Waals surface area contributed by atoms with Crippen molar-refractivity contribution in [1.82, 2.24) is 9.80 Å². The van der Waals surface area contributed by atoms with Gasteiger partial charge in [-0.15, -0.1) is 13.2 Å². The largest absolute Gasteiger partial charge is 0.465 e. The fraction of sp³-hybridized carbons (Fsp3) is 0.750.